The van der Waals surface area contributed by atoms with Crippen molar-refractivity contribution in [3.63, 3.8) is 0 Å². The predicted octanol–water partition coefficient (Wildman–Crippen LogP) is 1.67. The van der Waals surface area contributed by atoms with Gasteiger partial charge in [0, 0.05) is 16.8 Å². The average molecular weight is 253 g/mol. The van der Waals surface area contributed by atoms with Gasteiger partial charge in [-0.15, -0.1) is 0 Å². The standard InChI is InChI=1S/C14H11N3O2/c15-10-4-1-8(2-5-10)13(18)9-3-6-11-12(7-9)17-14(19)16-11/h1-7H,15H2,(H2,16,17,19). The third-order valence-electron chi connectivity index (χ3n) is 2.95. The molecular formula is C14H11N3O2. The van der Waals surface area contributed by atoms with E-state index in [-0.39, 0.29) is 11.5 Å². The molecule has 3 rings (SSSR count). The van der Waals surface area contributed by atoms with Gasteiger partial charge in [-0.05, 0) is 42.5 Å². The molecule has 0 aliphatic heterocycles. The first kappa shape index (κ1) is 11.3. The maximum absolute atomic E-state index is 12.3. The second-order valence-electron chi connectivity index (χ2n) is 4.29. The first-order valence-corrected chi connectivity index (χ1v) is 5.76. The van der Waals surface area contributed by atoms with Crippen molar-refractivity contribution in [2.24, 2.45) is 0 Å². The van der Waals surface area contributed by atoms with Crippen molar-refractivity contribution in [1.82, 2.24) is 9.97 Å². The van der Waals surface area contributed by atoms with E-state index in [9.17, 15) is 9.59 Å². The predicted molar refractivity (Wildman–Crippen MR) is 73.2 cm³/mol. The summed E-state index contributed by atoms with van der Waals surface area (Å²) in [4.78, 5) is 28.7. The van der Waals surface area contributed by atoms with Crippen LogP contribution in [0.1, 0.15) is 15.9 Å². The third-order valence-corrected chi connectivity index (χ3v) is 2.95. The van der Waals surface area contributed by atoms with Gasteiger partial charge in [-0.1, -0.05) is 0 Å². The number of ketones is 1. The molecule has 0 saturated heterocycles. The van der Waals surface area contributed by atoms with Gasteiger partial charge in [-0.2, -0.15) is 0 Å². The van der Waals surface area contributed by atoms with Gasteiger partial charge in [0.15, 0.2) is 5.78 Å². The van der Waals surface area contributed by atoms with Crippen LogP contribution >= 0.6 is 0 Å². The van der Waals surface area contributed by atoms with Crippen LogP contribution in [0.5, 0.6) is 0 Å². The van der Waals surface area contributed by atoms with E-state index in [1.54, 1.807) is 42.5 Å². The van der Waals surface area contributed by atoms with Crippen LogP contribution in [0, 0.1) is 0 Å². The summed E-state index contributed by atoms with van der Waals surface area (Å²) in [6.45, 7) is 0. The normalized spacial score (nSPS) is 10.7. The van der Waals surface area contributed by atoms with E-state index in [1.807, 2.05) is 0 Å². The van der Waals surface area contributed by atoms with E-state index in [0.29, 0.717) is 27.8 Å². The molecule has 19 heavy (non-hydrogen) atoms. The van der Waals surface area contributed by atoms with E-state index >= 15 is 0 Å². The molecule has 0 fully saturated rings. The summed E-state index contributed by atoms with van der Waals surface area (Å²) in [6, 6.07) is 11.8. The van der Waals surface area contributed by atoms with Gasteiger partial charge >= 0.3 is 5.69 Å². The number of hydrogen-bond donors (Lipinski definition) is 3. The number of imidazole rings is 1. The quantitative estimate of drug-likeness (QED) is 0.479. The number of nitrogen functional groups attached to an aromatic ring is 1. The molecule has 0 aliphatic carbocycles. The van der Waals surface area contributed by atoms with Crippen LogP contribution < -0.4 is 11.4 Å². The molecule has 3 aromatic rings. The number of aromatic amines is 2. The minimum atomic E-state index is -0.285. The molecule has 0 spiro atoms. The van der Waals surface area contributed by atoms with Crippen molar-refractivity contribution >= 4 is 22.5 Å². The highest BCUT2D eigenvalue weighted by molar-refractivity contribution is 6.10. The average Bonchev–Trinajstić information content (AvgIpc) is 2.77. The van der Waals surface area contributed by atoms with Crippen molar-refractivity contribution < 1.29 is 4.79 Å². The zero-order valence-corrected chi connectivity index (χ0v) is 9.94. The second-order valence-corrected chi connectivity index (χ2v) is 4.29. The molecule has 0 unspecified atom stereocenters. The minimum absolute atomic E-state index is 0.107. The molecule has 5 nitrogen and oxygen atoms in total. The largest absolute Gasteiger partial charge is 0.399 e. The molecule has 0 amide bonds. The summed E-state index contributed by atoms with van der Waals surface area (Å²) in [6.07, 6.45) is 0. The van der Waals surface area contributed by atoms with E-state index in [0.717, 1.165) is 0 Å². The van der Waals surface area contributed by atoms with E-state index in [4.69, 9.17) is 5.73 Å². The lowest BCUT2D eigenvalue weighted by Crippen LogP contribution is -2.01. The molecule has 0 atom stereocenters. The molecule has 0 saturated carbocycles. The molecule has 0 aliphatic rings. The molecule has 1 aromatic heterocycles. The van der Waals surface area contributed by atoms with Crippen LogP contribution in [0.3, 0.4) is 0 Å². The van der Waals surface area contributed by atoms with Crippen molar-refractivity contribution in [2.45, 2.75) is 0 Å². The summed E-state index contributed by atoms with van der Waals surface area (Å²) >= 11 is 0. The zero-order chi connectivity index (χ0) is 13.4. The fraction of sp³-hybridized carbons (Fsp3) is 0. The summed E-state index contributed by atoms with van der Waals surface area (Å²) in [5.41, 5.74) is 8.29. The Balaban J connectivity index is 2.05. The van der Waals surface area contributed by atoms with Crippen LogP contribution in [0.25, 0.3) is 11.0 Å². The Morgan fingerprint density at radius 3 is 2.26 bits per heavy atom. The van der Waals surface area contributed by atoms with E-state index < -0.39 is 0 Å². The number of H-pyrrole nitrogens is 2. The van der Waals surface area contributed by atoms with Gasteiger partial charge in [0.05, 0.1) is 11.0 Å². The van der Waals surface area contributed by atoms with Gasteiger partial charge in [0.25, 0.3) is 0 Å². The lowest BCUT2D eigenvalue weighted by molar-refractivity contribution is 0.103. The molecule has 1 heterocycles. The van der Waals surface area contributed by atoms with Crippen molar-refractivity contribution in [2.75, 3.05) is 5.73 Å². The lowest BCUT2D eigenvalue weighted by Gasteiger charge is -2.02. The summed E-state index contributed by atoms with van der Waals surface area (Å²) in [5, 5.41) is 0. The maximum atomic E-state index is 12.3. The molecule has 5 heteroatoms. The highest BCUT2D eigenvalue weighted by Gasteiger charge is 2.10. The fourth-order valence-electron chi connectivity index (χ4n) is 1.97. The number of benzene rings is 2. The number of carbonyl (C=O) groups excluding carboxylic acids is 1. The number of aromatic nitrogens is 2. The number of fused-ring (bicyclic) bond motifs is 1. The number of nitrogens with one attached hydrogen (secondary N) is 2. The Labute approximate surface area is 108 Å². The molecule has 2 aromatic carbocycles. The maximum Gasteiger partial charge on any atom is 0.323 e. The highest BCUT2D eigenvalue weighted by atomic mass is 16.1. The molecule has 4 N–H and O–H groups in total. The highest BCUT2D eigenvalue weighted by Crippen LogP contribution is 2.15. The number of nitrogens with two attached hydrogens (primary N) is 1. The monoisotopic (exact) mass is 253 g/mol. The van der Waals surface area contributed by atoms with E-state index in [1.165, 1.54) is 0 Å². The molecule has 0 bridgehead atoms. The van der Waals surface area contributed by atoms with Crippen LogP contribution in [-0.4, -0.2) is 15.8 Å². The number of hydrogen-bond acceptors (Lipinski definition) is 3. The van der Waals surface area contributed by atoms with Gasteiger partial charge in [-0.25, -0.2) is 4.79 Å². The van der Waals surface area contributed by atoms with Crippen molar-refractivity contribution in [3.05, 3.63) is 64.1 Å². The fourth-order valence-corrected chi connectivity index (χ4v) is 1.97. The number of carbonyl (C=O) groups is 1. The van der Waals surface area contributed by atoms with Crippen LogP contribution in [0.2, 0.25) is 0 Å². The summed E-state index contributed by atoms with van der Waals surface area (Å²) in [7, 11) is 0. The van der Waals surface area contributed by atoms with Crippen molar-refractivity contribution in [3.8, 4) is 0 Å². The zero-order valence-electron chi connectivity index (χ0n) is 9.94. The minimum Gasteiger partial charge on any atom is -0.399 e. The Morgan fingerprint density at radius 1 is 0.895 bits per heavy atom. The van der Waals surface area contributed by atoms with Gasteiger partial charge in [0.2, 0.25) is 0 Å². The molecular weight excluding hydrogens is 242 g/mol. The SMILES string of the molecule is Nc1ccc(C(=O)c2ccc3[nH]c(=O)[nH]c3c2)cc1. The Morgan fingerprint density at radius 2 is 1.53 bits per heavy atom. The summed E-state index contributed by atoms with van der Waals surface area (Å²) < 4.78 is 0. The number of anilines is 1. The second kappa shape index (κ2) is 4.13. The topological polar surface area (TPSA) is 91.7 Å². The first-order chi connectivity index (χ1) is 9.13. The van der Waals surface area contributed by atoms with Crippen LogP contribution in [-0.2, 0) is 0 Å². The molecule has 94 valence electrons. The van der Waals surface area contributed by atoms with Gasteiger partial charge in [0.1, 0.15) is 0 Å². The lowest BCUT2D eigenvalue weighted by atomic mass is 10.0. The Kier molecular flexibility index (Phi) is 2.45. The van der Waals surface area contributed by atoms with Gasteiger partial charge < -0.3 is 15.7 Å². The number of rotatable bonds is 2. The smallest absolute Gasteiger partial charge is 0.323 e. The summed E-state index contributed by atoms with van der Waals surface area (Å²) in [5.74, 6) is -0.107. The van der Waals surface area contributed by atoms with E-state index in [2.05, 4.69) is 9.97 Å². The van der Waals surface area contributed by atoms with Gasteiger partial charge in [-0.3, -0.25) is 4.79 Å². The van der Waals surface area contributed by atoms with Crippen LogP contribution in [0.4, 0.5) is 5.69 Å². The third kappa shape index (κ3) is 2.01. The Bertz CT molecular complexity index is 813. The molecule has 0 radical (unpaired) electrons. The van der Waals surface area contributed by atoms with Crippen LogP contribution in [0.15, 0.2) is 47.3 Å². The Hall–Kier alpha value is -2.82. The van der Waals surface area contributed by atoms with Crippen molar-refractivity contribution in [1.29, 1.82) is 0 Å². The first-order valence-electron chi connectivity index (χ1n) is 5.76.